The minimum Gasteiger partial charge on any atom is -0.487 e. The molecule has 4 nitrogen and oxygen atoms in total. The summed E-state index contributed by atoms with van der Waals surface area (Å²) in [7, 11) is 0. The highest BCUT2D eigenvalue weighted by atomic mass is 19.2. The molecular weight excluding hydrogens is 242 g/mol. The van der Waals surface area contributed by atoms with E-state index < -0.39 is 17.7 Å². The fraction of sp³-hybridized carbons (Fsp3) is 0.167. The van der Waals surface area contributed by atoms with Gasteiger partial charge in [0.2, 0.25) is 0 Å². The number of hydrogen-bond acceptors (Lipinski definition) is 4. The van der Waals surface area contributed by atoms with Crippen molar-refractivity contribution >= 4 is 0 Å². The molecule has 0 aliphatic carbocycles. The first-order valence-electron chi connectivity index (χ1n) is 5.27. The van der Waals surface area contributed by atoms with Crippen molar-refractivity contribution in [3.63, 3.8) is 0 Å². The summed E-state index contributed by atoms with van der Waals surface area (Å²) in [5.41, 5.74) is 0.441. The lowest BCUT2D eigenvalue weighted by Crippen LogP contribution is -2.06. The molecule has 6 heteroatoms. The number of aliphatic hydroxyl groups excluding tert-OH is 1. The molecule has 2 aromatic rings. The molecule has 0 radical (unpaired) electrons. The molecule has 1 atom stereocenters. The molecule has 0 fully saturated rings. The Morgan fingerprint density at radius 3 is 2.94 bits per heavy atom. The van der Waals surface area contributed by atoms with Gasteiger partial charge in [-0.3, -0.25) is 0 Å². The minimum absolute atomic E-state index is 0.000463. The zero-order valence-electron chi connectivity index (χ0n) is 9.10. The van der Waals surface area contributed by atoms with Crippen LogP contribution in [0.3, 0.4) is 0 Å². The second-order valence-corrected chi connectivity index (χ2v) is 3.90. The SMILES string of the molecule is OC1c2ccc(F)c(F)c2COc2ccnnc21. The molecular formula is C12H8F2N2O2. The lowest BCUT2D eigenvalue weighted by atomic mass is 10.0. The molecule has 2 heterocycles. The van der Waals surface area contributed by atoms with Crippen LogP contribution in [0, 0.1) is 11.6 Å². The lowest BCUT2D eigenvalue weighted by molar-refractivity contribution is 0.211. The molecule has 18 heavy (non-hydrogen) atoms. The molecule has 0 amide bonds. The Balaban J connectivity index is 2.21. The summed E-state index contributed by atoms with van der Waals surface area (Å²) in [6.45, 7) is -0.158. The van der Waals surface area contributed by atoms with Gasteiger partial charge in [0.1, 0.15) is 24.2 Å². The molecule has 0 saturated heterocycles. The zero-order valence-corrected chi connectivity index (χ0v) is 9.10. The van der Waals surface area contributed by atoms with E-state index in [1.807, 2.05) is 0 Å². The number of hydrogen-bond donors (Lipinski definition) is 1. The van der Waals surface area contributed by atoms with Gasteiger partial charge in [-0.2, -0.15) is 5.10 Å². The van der Waals surface area contributed by atoms with E-state index in [1.165, 1.54) is 18.3 Å². The van der Waals surface area contributed by atoms with Gasteiger partial charge in [0.15, 0.2) is 11.6 Å². The van der Waals surface area contributed by atoms with Crippen LogP contribution < -0.4 is 4.74 Å². The number of rotatable bonds is 0. The second-order valence-electron chi connectivity index (χ2n) is 3.90. The van der Waals surface area contributed by atoms with Crippen LogP contribution in [0.5, 0.6) is 5.75 Å². The fourth-order valence-corrected chi connectivity index (χ4v) is 1.95. The van der Waals surface area contributed by atoms with Gasteiger partial charge in [-0.25, -0.2) is 8.78 Å². The van der Waals surface area contributed by atoms with Crippen LogP contribution in [-0.4, -0.2) is 15.3 Å². The Hall–Kier alpha value is -2.08. The van der Waals surface area contributed by atoms with Crippen LogP contribution in [0.25, 0.3) is 0 Å². The first-order chi connectivity index (χ1) is 8.68. The van der Waals surface area contributed by atoms with E-state index >= 15 is 0 Å². The molecule has 3 rings (SSSR count). The maximum atomic E-state index is 13.7. The highest BCUT2D eigenvalue weighted by Gasteiger charge is 2.27. The highest BCUT2D eigenvalue weighted by molar-refractivity contribution is 5.41. The lowest BCUT2D eigenvalue weighted by Gasteiger charge is -2.11. The van der Waals surface area contributed by atoms with E-state index in [0.29, 0.717) is 5.75 Å². The van der Waals surface area contributed by atoms with Crippen molar-refractivity contribution in [1.29, 1.82) is 0 Å². The topological polar surface area (TPSA) is 55.2 Å². The fourth-order valence-electron chi connectivity index (χ4n) is 1.95. The first kappa shape index (κ1) is 11.0. The average Bonchev–Trinajstić information content (AvgIpc) is 2.53. The molecule has 1 unspecified atom stereocenters. The molecule has 0 saturated carbocycles. The van der Waals surface area contributed by atoms with Crippen LogP contribution in [0.4, 0.5) is 8.78 Å². The normalized spacial score (nSPS) is 17.4. The van der Waals surface area contributed by atoms with Crippen molar-refractivity contribution in [1.82, 2.24) is 10.2 Å². The summed E-state index contributed by atoms with van der Waals surface area (Å²) in [6, 6.07) is 3.82. The summed E-state index contributed by atoms with van der Waals surface area (Å²) in [5, 5.41) is 17.6. The maximum Gasteiger partial charge on any atom is 0.165 e. The number of aromatic nitrogens is 2. The zero-order chi connectivity index (χ0) is 12.7. The van der Waals surface area contributed by atoms with E-state index in [9.17, 15) is 13.9 Å². The van der Waals surface area contributed by atoms with E-state index in [2.05, 4.69) is 10.2 Å². The van der Waals surface area contributed by atoms with Crippen LogP contribution in [0.2, 0.25) is 0 Å². The number of aliphatic hydroxyl groups is 1. The van der Waals surface area contributed by atoms with Gasteiger partial charge in [0, 0.05) is 11.6 Å². The van der Waals surface area contributed by atoms with Crippen molar-refractivity contribution in [2.75, 3.05) is 0 Å². The highest BCUT2D eigenvalue weighted by Crippen LogP contribution is 2.35. The van der Waals surface area contributed by atoms with Crippen molar-refractivity contribution in [2.45, 2.75) is 12.7 Å². The van der Waals surface area contributed by atoms with Gasteiger partial charge >= 0.3 is 0 Å². The third-order valence-electron chi connectivity index (χ3n) is 2.87. The van der Waals surface area contributed by atoms with Gasteiger partial charge < -0.3 is 9.84 Å². The number of nitrogens with zero attached hydrogens (tertiary/aromatic N) is 2. The predicted octanol–water partition coefficient (Wildman–Crippen LogP) is 1.73. The summed E-state index contributed by atoms with van der Waals surface area (Å²) in [6.07, 6.45) is 0.222. The minimum atomic E-state index is -1.18. The summed E-state index contributed by atoms with van der Waals surface area (Å²) < 4.78 is 32.1. The Bertz CT molecular complexity index is 619. The van der Waals surface area contributed by atoms with Gasteiger partial charge in [-0.15, -0.1) is 5.10 Å². The largest absolute Gasteiger partial charge is 0.487 e. The second kappa shape index (κ2) is 3.99. The average molecular weight is 250 g/mol. The number of halogens is 2. The predicted molar refractivity (Wildman–Crippen MR) is 56.8 cm³/mol. The molecule has 1 aromatic carbocycles. The molecule has 92 valence electrons. The van der Waals surface area contributed by atoms with Crippen molar-refractivity contribution in [3.05, 3.63) is 52.9 Å². The number of ether oxygens (including phenoxy) is 1. The molecule has 1 aliphatic rings. The summed E-state index contributed by atoms with van der Waals surface area (Å²) in [4.78, 5) is 0. The van der Waals surface area contributed by atoms with Gasteiger partial charge in [0.25, 0.3) is 0 Å². The number of fused-ring (bicyclic) bond motifs is 2. The standard InChI is InChI=1S/C12H8F2N2O2/c13-8-2-1-6-7(10(8)14)5-18-9-3-4-15-16-11(9)12(6)17/h1-4,12,17H,5H2. The van der Waals surface area contributed by atoms with Crippen molar-refractivity contribution < 1.29 is 18.6 Å². The van der Waals surface area contributed by atoms with E-state index in [-0.39, 0.29) is 23.4 Å². The molecule has 1 aromatic heterocycles. The van der Waals surface area contributed by atoms with Crippen molar-refractivity contribution in [2.24, 2.45) is 0 Å². The van der Waals surface area contributed by atoms with Crippen LogP contribution in [0.1, 0.15) is 22.9 Å². The Labute approximate surface area is 101 Å². The van der Waals surface area contributed by atoms with Gasteiger partial charge in [-0.05, 0) is 11.6 Å². The number of benzene rings is 1. The van der Waals surface area contributed by atoms with Crippen LogP contribution >= 0.6 is 0 Å². The smallest absolute Gasteiger partial charge is 0.165 e. The van der Waals surface area contributed by atoms with E-state index in [4.69, 9.17) is 4.74 Å². The quantitative estimate of drug-likeness (QED) is 0.773. The molecule has 1 aliphatic heterocycles. The third-order valence-corrected chi connectivity index (χ3v) is 2.87. The Morgan fingerprint density at radius 2 is 2.11 bits per heavy atom. The van der Waals surface area contributed by atoms with Gasteiger partial charge in [-0.1, -0.05) is 6.07 Å². The van der Waals surface area contributed by atoms with E-state index in [0.717, 1.165) is 6.07 Å². The Morgan fingerprint density at radius 1 is 1.28 bits per heavy atom. The monoisotopic (exact) mass is 250 g/mol. The molecule has 0 spiro atoms. The van der Waals surface area contributed by atoms with Crippen LogP contribution in [0.15, 0.2) is 24.4 Å². The summed E-state index contributed by atoms with van der Waals surface area (Å²) >= 11 is 0. The van der Waals surface area contributed by atoms with Crippen molar-refractivity contribution in [3.8, 4) is 5.75 Å². The molecule has 0 bridgehead atoms. The van der Waals surface area contributed by atoms with E-state index in [1.54, 1.807) is 0 Å². The maximum absolute atomic E-state index is 13.7. The van der Waals surface area contributed by atoms with Gasteiger partial charge in [0.05, 0.1) is 6.20 Å². The third kappa shape index (κ3) is 1.53. The van der Waals surface area contributed by atoms with Crippen LogP contribution in [-0.2, 0) is 6.61 Å². The Kier molecular flexibility index (Phi) is 2.45. The molecule has 1 N–H and O–H groups in total. The first-order valence-corrected chi connectivity index (χ1v) is 5.27. The summed E-state index contributed by atoms with van der Waals surface area (Å²) in [5.74, 6) is -1.66.